The van der Waals surface area contributed by atoms with E-state index in [0.29, 0.717) is 0 Å². The average molecular weight is 185 g/mol. The minimum Gasteiger partial charge on any atom is -0.361 e. The summed E-state index contributed by atoms with van der Waals surface area (Å²) in [7, 11) is 0. The van der Waals surface area contributed by atoms with E-state index >= 15 is 0 Å². The molecule has 70 valence electrons. The van der Waals surface area contributed by atoms with Gasteiger partial charge in [-0.1, -0.05) is 24.3 Å². The van der Waals surface area contributed by atoms with Crippen molar-refractivity contribution < 1.29 is 0 Å². The number of hydrogen-bond donors (Lipinski definition) is 2. The highest BCUT2D eigenvalue weighted by Crippen LogP contribution is 2.18. The summed E-state index contributed by atoms with van der Waals surface area (Å²) in [4.78, 5) is 3.19. The van der Waals surface area contributed by atoms with Crippen LogP contribution < -0.4 is 5.84 Å². The van der Waals surface area contributed by atoms with E-state index in [1.165, 1.54) is 5.39 Å². The molecule has 1 heterocycles. The monoisotopic (exact) mass is 185 g/mol. The summed E-state index contributed by atoms with van der Waals surface area (Å²) < 4.78 is 0. The fourth-order valence-electron chi connectivity index (χ4n) is 1.43. The third kappa shape index (κ3) is 1.52. The van der Waals surface area contributed by atoms with Gasteiger partial charge in [-0.25, -0.2) is 0 Å². The van der Waals surface area contributed by atoms with Crippen molar-refractivity contribution in [3.8, 4) is 0 Å². The van der Waals surface area contributed by atoms with Gasteiger partial charge in [0.05, 0.1) is 0 Å². The first-order valence-corrected chi connectivity index (χ1v) is 4.38. The number of hydrogen-bond acceptors (Lipinski definition) is 2. The molecule has 1 aromatic carbocycles. The number of para-hydroxylation sites is 1. The highest BCUT2D eigenvalue weighted by Gasteiger charge is 1.97. The Balaban J connectivity index is 2.43. The van der Waals surface area contributed by atoms with E-state index in [4.69, 9.17) is 5.84 Å². The second kappa shape index (κ2) is 3.79. The molecule has 0 spiro atoms. The molecule has 0 aliphatic heterocycles. The molecule has 2 rings (SSSR count). The number of allylic oxidation sites excluding steroid dienone is 1. The van der Waals surface area contributed by atoms with Gasteiger partial charge >= 0.3 is 0 Å². The summed E-state index contributed by atoms with van der Waals surface area (Å²) in [5, 5.41) is 4.60. The minimum absolute atomic E-state index is 1.14. The van der Waals surface area contributed by atoms with E-state index in [9.17, 15) is 0 Å². The molecular weight excluding hydrogens is 174 g/mol. The number of hydrazone groups is 1. The molecule has 14 heavy (non-hydrogen) atoms. The maximum atomic E-state index is 4.99. The lowest BCUT2D eigenvalue weighted by Gasteiger charge is -1.89. The molecule has 0 fully saturated rings. The van der Waals surface area contributed by atoms with E-state index in [1.807, 2.05) is 36.5 Å². The molecule has 3 nitrogen and oxygen atoms in total. The van der Waals surface area contributed by atoms with Gasteiger partial charge in [0, 0.05) is 23.3 Å². The minimum atomic E-state index is 1.14. The molecule has 0 aliphatic rings. The molecule has 0 bridgehead atoms. The number of nitrogens with zero attached hydrogens (tertiary/aromatic N) is 1. The summed E-state index contributed by atoms with van der Waals surface area (Å²) in [6, 6.07) is 8.15. The molecular formula is C11H11N3. The average Bonchev–Trinajstić information content (AvgIpc) is 2.63. The Morgan fingerprint density at radius 1 is 1.29 bits per heavy atom. The Morgan fingerprint density at radius 3 is 3.00 bits per heavy atom. The molecule has 0 unspecified atom stereocenters. The first-order valence-electron chi connectivity index (χ1n) is 4.38. The molecule has 3 N–H and O–H groups in total. The number of aromatic amines is 1. The van der Waals surface area contributed by atoms with Gasteiger partial charge in [-0.3, -0.25) is 0 Å². The molecule has 0 radical (unpaired) electrons. The van der Waals surface area contributed by atoms with Crippen molar-refractivity contribution in [1.82, 2.24) is 4.98 Å². The predicted octanol–water partition coefficient (Wildman–Crippen LogP) is 2.13. The Bertz CT molecular complexity index is 480. The van der Waals surface area contributed by atoms with Crippen LogP contribution in [0.2, 0.25) is 0 Å². The quantitative estimate of drug-likeness (QED) is 0.420. The predicted molar refractivity (Wildman–Crippen MR) is 60.0 cm³/mol. The fraction of sp³-hybridized carbons (Fsp3) is 0. The smallest absolute Gasteiger partial charge is 0.0465 e. The van der Waals surface area contributed by atoms with Crippen molar-refractivity contribution in [2.24, 2.45) is 10.9 Å². The molecule has 0 amide bonds. The maximum Gasteiger partial charge on any atom is 0.0465 e. The zero-order chi connectivity index (χ0) is 9.80. The summed E-state index contributed by atoms with van der Waals surface area (Å²) in [5.74, 6) is 4.99. The number of aromatic nitrogens is 1. The summed E-state index contributed by atoms with van der Waals surface area (Å²) in [6.45, 7) is 0. The van der Waals surface area contributed by atoms with E-state index in [0.717, 1.165) is 11.1 Å². The number of rotatable bonds is 2. The molecule has 2 aromatic rings. The van der Waals surface area contributed by atoms with Crippen LogP contribution in [0.5, 0.6) is 0 Å². The van der Waals surface area contributed by atoms with Crippen LogP contribution in [0.1, 0.15) is 5.56 Å². The Kier molecular flexibility index (Phi) is 2.32. The van der Waals surface area contributed by atoms with Gasteiger partial charge in [-0.05, 0) is 17.7 Å². The van der Waals surface area contributed by atoms with E-state index in [1.54, 1.807) is 6.21 Å². The first kappa shape index (κ1) is 8.56. The summed E-state index contributed by atoms with van der Waals surface area (Å²) in [5.41, 5.74) is 2.28. The lowest BCUT2D eigenvalue weighted by Crippen LogP contribution is -1.77. The summed E-state index contributed by atoms with van der Waals surface area (Å²) >= 11 is 0. The van der Waals surface area contributed by atoms with Gasteiger partial charge in [-0.2, -0.15) is 5.10 Å². The topological polar surface area (TPSA) is 54.2 Å². The Labute approximate surface area is 81.9 Å². The van der Waals surface area contributed by atoms with Crippen LogP contribution >= 0.6 is 0 Å². The standard InChI is InChI=1S/C11H11N3/c12-14-7-3-4-9-8-13-11-6-2-1-5-10(9)11/h1-8,13H,12H2/b4-3+,14-7+. The molecule has 0 atom stereocenters. The third-order valence-corrected chi connectivity index (χ3v) is 2.07. The van der Waals surface area contributed by atoms with Crippen molar-refractivity contribution in [3.05, 3.63) is 42.1 Å². The fourth-order valence-corrected chi connectivity index (χ4v) is 1.43. The number of H-pyrrole nitrogens is 1. The number of nitrogens with one attached hydrogen (secondary N) is 1. The lowest BCUT2D eigenvalue weighted by molar-refractivity contribution is 1.27. The molecule has 0 aliphatic carbocycles. The third-order valence-electron chi connectivity index (χ3n) is 2.07. The lowest BCUT2D eigenvalue weighted by atomic mass is 10.2. The number of fused-ring (bicyclic) bond motifs is 1. The van der Waals surface area contributed by atoms with Crippen LogP contribution in [0.25, 0.3) is 17.0 Å². The first-order chi connectivity index (χ1) is 6.92. The summed E-state index contributed by atoms with van der Waals surface area (Å²) in [6.07, 6.45) is 7.30. The molecule has 3 heteroatoms. The second-order valence-corrected chi connectivity index (χ2v) is 2.95. The van der Waals surface area contributed by atoms with Gasteiger partial charge in [0.1, 0.15) is 0 Å². The van der Waals surface area contributed by atoms with Gasteiger partial charge in [0.2, 0.25) is 0 Å². The second-order valence-electron chi connectivity index (χ2n) is 2.95. The van der Waals surface area contributed by atoms with E-state index < -0.39 is 0 Å². The molecule has 1 aromatic heterocycles. The highest BCUT2D eigenvalue weighted by molar-refractivity contribution is 5.91. The van der Waals surface area contributed by atoms with Crippen LogP contribution in [0, 0.1) is 0 Å². The van der Waals surface area contributed by atoms with E-state index in [-0.39, 0.29) is 0 Å². The zero-order valence-electron chi connectivity index (χ0n) is 7.64. The number of benzene rings is 1. The van der Waals surface area contributed by atoms with Crippen LogP contribution in [-0.2, 0) is 0 Å². The Morgan fingerprint density at radius 2 is 2.14 bits per heavy atom. The van der Waals surface area contributed by atoms with Crippen molar-refractivity contribution in [2.45, 2.75) is 0 Å². The largest absolute Gasteiger partial charge is 0.361 e. The van der Waals surface area contributed by atoms with Gasteiger partial charge in [-0.15, -0.1) is 0 Å². The molecule has 0 saturated heterocycles. The Hall–Kier alpha value is -2.03. The van der Waals surface area contributed by atoms with Crippen LogP contribution in [0.15, 0.2) is 41.6 Å². The SMILES string of the molecule is N/N=C/C=C/c1c[nH]c2ccccc12. The van der Waals surface area contributed by atoms with Gasteiger partial charge in [0.25, 0.3) is 0 Å². The van der Waals surface area contributed by atoms with Crippen LogP contribution in [0.3, 0.4) is 0 Å². The van der Waals surface area contributed by atoms with E-state index in [2.05, 4.69) is 16.2 Å². The van der Waals surface area contributed by atoms with Gasteiger partial charge in [0.15, 0.2) is 0 Å². The maximum absolute atomic E-state index is 4.99. The van der Waals surface area contributed by atoms with Crippen molar-refractivity contribution in [1.29, 1.82) is 0 Å². The normalized spacial score (nSPS) is 12.0. The highest BCUT2D eigenvalue weighted by atomic mass is 15.1. The van der Waals surface area contributed by atoms with Crippen molar-refractivity contribution in [3.63, 3.8) is 0 Å². The van der Waals surface area contributed by atoms with Crippen molar-refractivity contribution >= 4 is 23.2 Å². The van der Waals surface area contributed by atoms with Crippen molar-refractivity contribution in [2.75, 3.05) is 0 Å². The number of nitrogens with two attached hydrogens (primary N) is 1. The van der Waals surface area contributed by atoms with Crippen LogP contribution in [0.4, 0.5) is 0 Å². The molecule has 0 saturated carbocycles. The van der Waals surface area contributed by atoms with Crippen LogP contribution in [-0.4, -0.2) is 11.2 Å². The van der Waals surface area contributed by atoms with Gasteiger partial charge < -0.3 is 10.8 Å². The zero-order valence-corrected chi connectivity index (χ0v) is 7.64.